The second-order valence-electron chi connectivity index (χ2n) is 4.45. The zero-order chi connectivity index (χ0) is 13.9. The number of rotatable bonds is 3. The van der Waals surface area contributed by atoms with Gasteiger partial charge in [0.15, 0.2) is 0 Å². The number of methoxy groups -OCH3 is 1. The number of thioether (sulfide) groups is 1. The Bertz CT molecular complexity index is 175. The second kappa shape index (κ2) is 10.9. The Morgan fingerprint density at radius 1 is 1.35 bits per heavy atom. The average Bonchev–Trinajstić information content (AvgIpc) is 2.25. The number of ether oxygens (including phenoxy) is 1. The van der Waals surface area contributed by atoms with Crippen molar-refractivity contribution in [2.24, 2.45) is 0 Å². The van der Waals surface area contributed by atoms with Crippen molar-refractivity contribution in [1.29, 1.82) is 0 Å². The van der Waals surface area contributed by atoms with Crippen LogP contribution in [0, 0.1) is 0 Å². The molecule has 104 valence electrons. The van der Waals surface area contributed by atoms with Crippen molar-refractivity contribution in [3.05, 3.63) is 0 Å². The SMILES string of the molecule is CC.CCSC1CN(C=O)C1.COC(C)(C)C. The van der Waals surface area contributed by atoms with E-state index in [9.17, 15) is 4.79 Å². The summed E-state index contributed by atoms with van der Waals surface area (Å²) in [6.07, 6.45) is 0.923. The Kier molecular flexibility index (Phi) is 12.3. The standard InChI is InChI=1S/C6H11NOS.C5H12O.C2H6/c1-2-9-6-3-7(4-6)5-8;1-5(2,3)6-4;1-2/h5-6H,2-4H2,1H3;1-4H3;1-2H3. The van der Waals surface area contributed by atoms with Crippen LogP contribution < -0.4 is 0 Å². The van der Waals surface area contributed by atoms with E-state index < -0.39 is 0 Å². The first-order valence-corrected chi connectivity index (χ1v) is 7.34. The molecule has 1 aliphatic heterocycles. The fourth-order valence-electron chi connectivity index (χ4n) is 0.897. The van der Waals surface area contributed by atoms with Gasteiger partial charge in [-0.2, -0.15) is 11.8 Å². The van der Waals surface area contributed by atoms with E-state index in [1.807, 2.05) is 46.4 Å². The molecule has 0 N–H and O–H groups in total. The molecule has 0 saturated carbocycles. The third-order valence-corrected chi connectivity index (χ3v) is 3.14. The summed E-state index contributed by atoms with van der Waals surface area (Å²) in [6.45, 7) is 14.1. The topological polar surface area (TPSA) is 29.5 Å². The molecule has 0 radical (unpaired) electrons. The number of carbonyl (C=O) groups excluding carboxylic acids is 1. The van der Waals surface area contributed by atoms with Crippen LogP contribution in [-0.2, 0) is 9.53 Å². The smallest absolute Gasteiger partial charge is 0.209 e. The van der Waals surface area contributed by atoms with Gasteiger partial charge in [-0.1, -0.05) is 20.8 Å². The number of amides is 1. The lowest BCUT2D eigenvalue weighted by Gasteiger charge is -2.35. The van der Waals surface area contributed by atoms with Crippen LogP contribution in [0.1, 0.15) is 41.5 Å². The first kappa shape index (κ1) is 19.1. The van der Waals surface area contributed by atoms with Gasteiger partial charge in [-0.3, -0.25) is 4.79 Å². The van der Waals surface area contributed by atoms with Gasteiger partial charge >= 0.3 is 0 Å². The molecular formula is C13H29NO2S. The van der Waals surface area contributed by atoms with Crippen molar-refractivity contribution in [3.63, 3.8) is 0 Å². The highest BCUT2D eigenvalue weighted by atomic mass is 32.2. The van der Waals surface area contributed by atoms with E-state index in [1.54, 1.807) is 12.0 Å². The maximum absolute atomic E-state index is 10.1. The summed E-state index contributed by atoms with van der Waals surface area (Å²) in [6, 6.07) is 0. The highest BCUT2D eigenvalue weighted by Crippen LogP contribution is 2.19. The van der Waals surface area contributed by atoms with E-state index in [1.165, 1.54) is 0 Å². The summed E-state index contributed by atoms with van der Waals surface area (Å²) in [4.78, 5) is 11.9. The van der Waals surface area contributed by atoms with E-state index in [-0.39, 0.29) is 5.60 Å². The van der Waals surface area contributed by atoms with Crippen LogP contribution in [0.4, 0.5) is 0 Å². The lowest BCUT2D eigenvalue weighted by atomic mass is 10.2. The number of hydrogen-bond acceptors (Lipinski definition) is 3. The molecule has 0 atom stereocenters. The molecule has 1 aliphatic rings. The monoisotopic (exact) mass is 263 g/mol. The Morgan fingerprint density at radius 2 is 1.76 bits per heavy atom. The molecule has 0 aliphatic carbocycles. The maximum atomic E-state index is 10.1. The fourth-order valence-corrected chi connectivity index (χ4v) is 1.96. The molecule has 0 aromatic carbocycles. The third kappa shape index (κ3) is 12.0. The minimum atomic E-state index is 0.0417. The third-order valence-electron chi connectivity index (χ3n) is 2.04. The molecule has 3 nitrogen and oxygen atoms in total. The molecule has 4 heteroatoms. The first-order valence-electron chi connectivity index (χ1n) is 6.29. The van der Waals surface area contributed by atoms with Gasteiger partial charge in [-0.15, -0.1) is 0 Å². The normalized spacial score (nSPS) is 14.9. The summed E-state index contributed by atoms with van der Waals surface area (Å²) >= 11 is 1.94. The van der Waals surface area contributed by atoms with Crippen molar-refractivity contribution in [3.8, 4) is 0 Å². The van der Waals surface area contributed by atoms with Crippen LogP contribution in [0.25, 0.3) is 0 Å². The highest BCUT2D eigenvalue weighted by Gasteiger charge is 2.24. The molecule has 0 bridgehead atoms. The van der Waals surface area contributed by atoms with E-state index >= 15 is 0 Å². The van der Waals surface area contributed by atoms with Gasteiger partial charge in [0.1, 0.15) is 0 Å². The minimum Gasteiger partial charge on any atom is -0.379 e. The molecule has 0 aromatic rings. The number of hydrogen-bond donors (Lipinski definition) is 0. The van der Waals surface area contributed by atoms with Gasteiger partial charge in [-0.25, -0.2) is 0 Å². The van der Waals surface area contributed by atoms with Crippen molar-refractivity contribution >= 4 is 18.2 Å². The molecule has 0 aromatic heterocycles. The van der Waals surface area contributed by atoms with Gasteiger partial charge in [-0.05, 0) is 26.5 Å². The zero-order valence-corrected chi connectivity index (χ0v) is 13.3. The Balaban J connectivity index is 0. The quantitative estimate of drug-likeness (QED) is 0.733. The van der Waals surface area contributed by atoms with Gasteiger partial charge in [0.05, 0.1) is 5.60 Å². The molecule has 1 fully saturated rings. The van der Waals surface area contributed by atoms with E-state index in [0.717, 1.165) is 30.5 Å². The predicted molar refractivity (Wildman–Crippen MR) is 77.7 cm³/mol. The van der Waals surface area contributed by atoms with Gasteiger partial charge in [0, 0.05) is 25.4 Å². The molecule has 1 saturated heterocycles. The lowest BCUT2D eigenvalue weighted by Crippen LogP contribution is -2.47. The number of carbonyl (C=O) groups is 1. The Labute approximate surface area is 111 Å². The summed E-state index contributed by atoms with van der Waals surface area (Å²) in [5.41, 5.74) is 0.0417. The predicted octanol–water partition coefficient (Wildman–Crippen LogP) is 3.04. The molecular weight excluding hydrogens is 234 g/mol. The van der Waals surface area contributed by atoms with Crippen LogP contribution in [0.3, 0.4) is 0 Å². The second-order valence-corrected chi connectivity index (χ2v) is 6.03. The average molecular weight is 263 g/mol. The maximum Gasteiger partial charge on any atom is 0.209 e. The van der Waals surface area contributed by atoms with Crippen LogP contribution in [-0.4, -0.2) is 48.1 Å². The Morgan fingerprint density at radius 3 is 2.00 bits per heavy atom. The van der Waals surface area contributed by atoms with Crippen LogP contribution >= 0.6 is 11.8 Å². The summed E-state index contributed by atoms with van der Waals surface area (Å²) in [5.74, 6) is 1.16. The summed E-state index contributed by atoms with van der Waals surface area (Å²) in [7, 11) is 1.71. The zero-order valence-electron chi connectivity index (χ0n) is 12.4. The summed E-state index contributed by atoms with van der Waals surface area (Å²) in [5, 5.41) is 0.722. The van der Waals surface area contributed by atoms with Crippen molar-refractivity contribution in [1.82, 2.24) is 4.90 Å². The Hall–Kier alpha value is -0.220. The van der Waals surface area contributed by atoms with Gasteiger partial charge < -0.3 is 9.64 Å². The van der Waals surface area contributed by atoms with Crippen LogP contribution in [0.5, 0.6) is 0 Å². The fraction of sp³-hybridized carbons (Fsp3) is 0.923. The molecule has 1 heterocycles. The number of likely N-dealkylation sites (tertiary alicyclic amines) is 1. The van der Waals surface area contributed by atoms with E-state index in [2.05, 4.69) is 6.92 Å². The molecule has 0 spiro atoms. The van der Waals surface area contributed by atoms with Crippen molar-refractivity contribution in [2.45, 2.75) is 52.4 Å². The van der Waals surface area contributed by atoms with Gasteiger partial charge in [0.2, 0.25) is 6.41 Å². The van der Waals surface area contributed by atoms with Gasteiger partial charge in [0.25, 0.3) is 0 Å². The lowest BCUT2D eigenvalue weighted by molar-refractivity contribution is -0.120. The minimum absolute atomic E-state index is 0.0417. The van der Waals surface area contributed by atoms with Crippen LogP contribution in [0.2, 0.25) is 0 Å². The number of nitrogens with zero attached hydrogens (tertiary/aromatic N) is 1. The summed E-state index contributed by atoms with van der Waals surface area (Å²) < 4.78 is 4.94. The van der Waals surface area contributed by atoms with E-state index in [0.29, 0.717) is 0 Å². The largest absolute Gasteiger partial charge is 0.379 e. The molecule has 17 heavy (non-hydrogen) atoms. The highest BCUT2D eigenvalue weighted by molar-refractivity contribution is 8.00. The van der Waals surface area contributed by atoms with E-state index in [4.69, 9.17) is 4.74 Å². The van der Waals surface area contributed by atoms with Crippen LogP contribution in [0.15, 0.2) is 0 Å². The van der Waals surface area contributed by atoms with Crippen molar-refractivity contribution < 1.29 is 9.53 Å². The van der Waals surface area contributed by atoms with Crippen molar-refractivity contribution in [2.75, 3.05) is 26.0 Å². The molecule has 1 rings (SSSR count). The molecule has 0 unspecified atom stereocenters. The first-order chi connectivity index (χ1) is 7.92. The molecule has 1 amide bonds.